The van der Waals surface area contributed by atoms with E-state index in [2.05, 4.69) is 5.43 Å². The number of rotatable bonds is 4. The summed E-state index contributed by atoms with van der Waals surface area (Å²) >= 11 is 0. The van der Waals surface area contributed by atoms with Gasteiger partial charge in [-0.25, -0.2) is 5.43 Å². The Morgan fingerprint density at radius 3 is 2.27 bits per heavy atom. The number of hydrogen-bond donors (Lipinski definition) is 4. The van der Waals surface area contributed by atoms with Gasteiger partial charge in [-0.15, -0.1) is 0 Å². The predicted octanol–water partition coefficient (Wildman–Crippen LogP) is 0.335. The molecule has 0 aliphatic rings. The van der Waals surface area contributed by atoms with Crippen molar-refractivity contribution in [1.29, 1.82) is 0 Å². The van der Waals surface area contributed by atoms with Gasteiger partial charge in [0.1, 0.15) is 11.5 Å². The first-order chi connectivity index (χ1) is 6.99. The predicted molar refractivity (Wildman–Crippen MR) is 55.1 cm³/mol. The van der Waals surface area contributed by atoms with Crippen LogP contribution in [0.3, 0.4) is 0 Å². The van der Waals surface area contributed by atoms with E-state index in [0.717, 1.165) is 0 Å². The van der Waals surface area contributed by atoms with E-state index in [0.29, 0.717) is 11.3 Å². The highest BCUT2D eigenvalue weighted by atomic mass is 31.2. The van der Waals surface area contributed by atoms with Crippen molar-refractivity contribution in [3.05, 3.63) is 29.8 Å². The Bertz CT molecular complexity index is 361. The van der Waals surface area contributed by atoms with E-state index in [-0.39, 0.29) is 0 Å². The molecule has 7 heteroatoms. The normalized spacial score (nSPS) is 13.6. The molecule has 1 unspecified atom stereocenters. The van der Waals surface area contributed by atoms with Crippen molar-refractivity contribution in [2.24, 2.45) is 5.84 Å². The van der Waals surface area contributed by atoms with Crippen molar-refractivity contribution in [2.45, 2.75) is 5.78 Å². The van der Waals surface area contributed by atoms with Gasteiger partial charge in [0.25, 0.3) is 0 Å². The molecule has 0 saturated heterocycles. The van der Waals surface area contributed by atoms with Gasteiger partial charge in [-0.3, -0.25) is 10.4 Å². The molecule has 84 valence electrons. The molecule has 0 aromatic heterocycles. The first kappa shape index (κ1) is 12.2. The van der Waals surface area contributed by atoms with E-state index >= 15 is 0 Å². The van der Waals surface area contributed by atoms with E-state index in [4.69, 9.17) is 20.4 Å². The Balaban J connectivity index is 2.98. The summed E-state index contributed by atoms with van der Waals surface area (Å²) in [4.78, 5) is 18.0. The van der Waals surface area contributed by atoms with Crippen LogP contribution in [-0.2, 0) is 4.57 Å². The second kappa shape index (κ2) is 4.74. The fourth-order valence-electron chi connectivity index (χ4n) is 1.17. The standard InChI is InChI=1S/C8H13N2O4P/c1-14-7-4-2-6(3-5-7)8(10-9)15(11,12)13/h2-5,8,10H,9H2,1H3,(H2,11,12,13). The van der Waals surface area contributed by atoms with Crippen LogP contribution in [0.2, 0.25) is 0 Å². The monoisotopic (exact) mass is 232 g/mol. The van der Waals surface area contributed by atoms with Crippen LogP contribution in [0.5, 0.6) is 5.75 Å². The average Bonchev–Trinajstić information content (AvgIpc) is 2.18. The molecule has 15 heavy (non-hydrogen) atoms. The van der Waals surface area contributed by atoms with Gasteiger partial charge in [0.05, 0.1) is 7.11 Å². The van der Waals surface area contributed by atoms with Crippen molar-refractivity contribution in [3.8, 4) is 5.75 Å². The highest BCUT2D eigenvalue weighted by molar-refractivity contribution is 7.52. The zero-order valence-electron chi connectivity index (χ0n) is 8.12. The Morgan fingerprint density at radius 2 is 1.93 bits per heavy atom. The van der Waals surface area contributed by atoms with Gasteiger partial charge in [0.15, 0.2) is 0 Å². The number of benzene rings is 1. The van der Waals surface area contributed by atoms with Crippen LogP contribution >= 0.6 is 7.60 Å². The Labute approximate surface area is 87.2 Å². The summed E-state index contributed by atoms with van der Waals surface area (Å²) in [6.45, 7) is 0. The number of ether oxygens (including phenoxy) is 1. The summed E-state index contributed by atoms with van der Waals surface area (Å²) in [7, 11) is -2.79. The molecule has 0 fully saturated rings. The Kier molecular flexibility index (Phi) is 3.84. The lowest BCUT2D eigenvalue weighted by Gasteiger charge is -2.17. The SMILES string of the molecule is COc1ccc(C(NN)P(=O)(O)O)cc1. The van der Waals surface area contributed by atoms with Gasteiger partial charge in [-0.1, -0.05) is 12.1 Å². The third-order valence-corrected chi connectivity index (χ3v) is 3.05. The van der Waals surface area contributed by atoms with Crippen molar-refractivity contribution in [3.63, 3.8) is 0 Å². The molecule has 1 atom stereocenters. The summed E-state index contributed by atoms with van der Waals surface area (Å²) in [5.41, 5.74) is 2.50. The maximum absolute atomic E-state index is 11.0. The molecule has 0 radical (unpaired) electrons. The number of nitrogens with two attached hydrogens (primary N) is 1. The molecule has 0 spiro atoms. The number of hydrogen-bond acceptors (Lipinski definition) is 4. The number of nitrogens with one attached hydrogen (secondary N) is 1. The minimum Gasteiger partial charge on any atom is -0.497 e. The van der Waals surface area contributed by atoms with Crippen molar-refractivity contribution < 1.29 is 19.1 Å². The minimum absolute atomic E-state index is 0.409. The molecule has 1 aromatic carbocycles. The van der Waals surface area contributed by atoms with Crippen LogP contribution in [0.15, 0.2) is 24.3 Å². The van der Waals surface area contributed by atoms with Crippen molar-refractivity contribution >= 4 is 7.60 Å². The van der Waals surface area contributed by atoms with E-state index in [1.165, 1.54) is 7.11 Å². The fourth-order valence-corrected chi connectivity index (χ4v) is 1.93. The van der Waals surface area contributed by atoms with Crippen LogP contribution in [0.4, 0.5) is 0 Å². The molecule has 6 nitrogen and oxygen atoms in total. The number of hydrazine groups is 1. The van der Waals surface area contributed by atoms with E-state index in [9.17, 15) is 4.57 Å². The topological polar surface area (TPSA) is 105 Å². The molecule has 0 saturated carbocycles. The van der Waals surface area contributed by atoms with Crippen LogP contribution < -0.4 is 16.0 Å². The first-order valence-corrected chi connectivity index (χ1v) is 5.82. The lowest BCUT2D eigenvalue weighted by atomic mass is 10.2. The second-order valence-electron chi connectivity index (χ2n) is 2.93. The lowest BCUT2D eigenvalue weighted by Crippen LogP contribution is -2.27. The van der Waals surface area contributed by atoms with Gasteiger partial charge >= 0.3 is 7.60 Å². The van der Waals surface area contributed by atoms with E-state index in [1.54, 1.807) is 24.3 Å². The molecule has 0 heterocycles. The summed E-state index contributed by atoms with van der Waals surface area (Å²) < 4.78 is 16.0. The van der Waals surface area contributed by atoms with Gasteiger partial charge in [-0.05, 0) is 17.7 Å². The molecule has 1 aromatic rings. The Morgan fingerprint density at radius 1 is 1.40 bits per heavy atom. The van der Waals surface area contributed by atoms with Crippen LogP contribution in [0, 0.1) is 0 Å². The molecule has 0 aliphatic carbocycles. The second-order valence-corrected chi connectivity index (χ2v) is 4.63. The fraction of sp³-hybridized carbons (Fsp3) is 0.250. The maximum atomic E-state index is 11.0. The molecule has 1 rings (SSSR count). The van der Waals surface area contributed by atoms with Crippen molar-refractivity contribution in [1.82, 2.24) is 5.43 Å². The molecular formula is C8H13N2O4P. The summed E-state index contributed by atoms with van der Waals surface area (Å²) in [5.74, 6) is 4.51. The number of methoxy groups -OCH3 is 1. The van der Waals surface area contributed by atoms with Gasteiger partial charge in [-0.2, -0.15) is 0 Å². The highest BCUT2D eigenvalue weighted by Crippen LogP contribution is 2.49. The van der Waals surface area contributed by atoms with Crippen LogP contribution in [0.25, 0.3) is 0 Å². The zero-order chi connectivity index (χ0) is 11.5. The maximum Gasteiger partial charge on any atom is 0.348 e. The van der Waals surface area contributed by atoms with E-state index in [1.807, 2.05) is 0 Å². The van der Waals surface area contributed by atoms with Crippen LogP contribution in [-0.4, -0.2) is 16.9 Å². The zero-order valence-corrected chi connectivity index (χ0v) is 9.02. The van der Waals surface area contributed by atoms with Gasteiger partial charge in [0, 0.05) is 0 Å². The Hall–Kier alpha value is -0.910. The first-order valence-electron chi connectivity index (χ1n) is 4.14. The van der Waals surface area contributed by atoms with Gasteiger partial charge in [0.2, 0.25) is 0 Å². The minimum atomic E-state index is -4.30. The summed E-state index contributed by atoms with van der Waals surface area (Å²) in [5, 5.41) is 0. The smallest absolute Gasteiger partial charge is 0.348 e. The lowest BCUT2D eigenvalue weighted by molar-refractivity contribution is 0.348. The third-order valence-electron chi connectivity index (χ3n) is 1.93. The van der Waals surface area contributed by atoms with Crippen LogP contribution in [0.1, 0.15) is 11.3 Å². The van der Waals surface area contributed by atoms with Crippen molar-refractivity contribution in [2.75, 3.05) is 7.11 Å². The molecule has 0 amide bonds. The largest absolute Gasteiger partial charge is 0.497 e. The average molecular weight is 232 g/mol. The molecular weight excluding hydrogens is 219 g/mol. The summed E-state index contributed by atoms with van der Waals surface area (Å²) in [6, 6.07) is 6.30. The van der Waals surface area contributed by atoms with Gasteiger partial charge < -0.3 is 14.5 Å². The third kappa shape index (κ3) is 3.02. The molecule has 5 N–H and O–H groups in total. The summed E-state index contributed by atoms with van der Waals surface area (Å²) in [6.07, 6.45) is 0. The molecule has 0 bridgehead atoms. The quantitative estimate of drug-likeness (QED) is 0.339. The highest BCUT2D eigenvalue weighted by Gasteiger charge is 2.29. The van der Waals surface area contributed by atoms with E-state index < -0.39 is 13.4 Å². The molecule has 0 aliphatic heterocycles.